The van der Waals surface area contributed by atoms with Crippen LogP contribution < -0.4 is 4.57 Å². The average molecular weight is 415 g/mol. The van der Waals surface area contributed by atoms with Crippen molar-refractivity contribution in [2.75, 3.05) is 0 Å². The van der Waals surface area contributed by atoms with Crippen molar-refractivity contribution in [2.45, 2.75) is 6.92 Å². The zero-order valence-corrected chi connectivity index (χ0v) is 17.9. The molecule has 0 N–H and O–H groups in total. The van der Waals surface area contributed by atoms with Crippen LogP contribution in [0.25, 0.3) is 60.1 Å². The van der Waals surface area contributed by atoms with Gasteiger partial charge in [0.15, 0.2) is 6.20 Å². The molecule has 7 aromatic rings. The van der Waals surface area contributed by atoms with Crippen LogP contribution >= 0.6 is 0 Å². The van der Waals surface area contributed by atoms with Crippen LogP contribution in [0.5, 0.6) is 0 Å². The number of pyridine rings is 2. The number of hydrogen-bond acceptors (Lipinski definition) is 0. The third kappa shape index (κ3) is 2.15. The Bertz CT molecular complexity index is 1840. The summed E-state index contributed by atoms with van der Waals surface area (Å²) in [5.74, 6) is -0.215. The van der Waals surface area contributed by atoms with Gasteiger partial charge in [-0.2, -0.15) is 0 Å². The van der Waals surface area contributed by atoms with E-state index in [0.29, 0.717) is 0 Å². The number of fused-ring (bicyclic) bond motifs is 5. The predicted octanol–water partition coefficient (Wildman–Crippen LogP) is 6.93. The third-order valence-electron chi connectivity index (χ3n) is 6.92. The van der Waals surface area contributed by atoms with Gasteiger partial charge in [-0.15, -0.1) is 0 Å². The van der Waals surface area contributed by atoms with Gasteiger partial charge >= 0.3 is 0 Å². The summed E-state index contributed by atoms with van der Waals surface area (Å²) in [6.07, 6.45) is 2.15. The Balaban J connectivity index is 1.82. The van der Waals surface area contributed by atoms with Crippen LogP contribution in [-0.2, 0) is 7.05 Å². The topological polar surface area (TPSA) is 8.29 Å². The number of benzene rings is 4. The molecule has 0 amide bonds. The lowest BCUT2D eigenvalue weighted by Crippen LogP contribution is -2.28. The summed E-state index contributed by atoms with van der Waals surface area (Å²) < 4.78 is 18.3. The molecule has 32 heavy (non-hydrogen) atoms. The number of rotatable bonds is 1. The van der Waals surface area contributed by atoms with Gasteiger partial charge in [-0.1, -0.05) is 42.5 Å². The van der Waals surface area contributed by atoms with Crippen molar-refractivity contribution < 1.29 is 8.96 Å². The van der Waals surface area contributed by atoms with E-state index in [1.54, 1.807) is 0 Å². The minimum Gasteiger partial charge on any atom is -0.307 e. The standard InChI is InChI=1S/C29H20FN2/c1-17-7-12-23-22-5-3-4-6-24(22)32-25-16-20(18-8-10-21(30)11-9-18)15-19-13-14-31(2)29(27(19)25)26(17)28(23)32/h3-16H,1-2H3/q+1. The highest BCUT2D eigenvalue weighted by Gasteiger charge is 2.24. The molecule has 0 aliphatic carbocycles. The lowest BCUT2D eigenvalue weighted by atomic mass is 9.96. The van der Waals surface area contributed by atoms with Crippen molar-refractivity contribution in [1.29, 1.82) is 0 Å². The van der Waals surface area contributed by atoms with Crippen LogP contribution in [0, 0.1) is 12.7 Å². The quantitative estimate of drug-likeness (QED) is 0.156. The molecule has 152 valence electrons. The van der Waals surface area contributed by atoms with Crippen molar-refractivity contribution in [3.8, 4) is 11.1 Å². The first-order valence-electron chi connectivity index (χ1n) is 10.9. The molecule has 0 saturated carbocycles. The molecule has 0 atom stereocenters. The van der Waals surface area contributed by atoms with E-state index in [9.17, 15) is 4.39 Å². The highest BCUT2D eigenvalue weighted by Crippen LogP contribution is 2.41. The Hall–Kier alpha value is -3.98. The van der Waals surface area contributed by atoms with E-state index in [0.717, 1.165) is 11.1 Å². The summed E-state index contributed by atoms with van der Waals surface area (Å²) in [6, 6.07) is 26.6. The first-order valence-corrected chi connectivity index (χ1v) is 10.9. The monoisotopic (exact) mass is 415 g/mol. The van der Waals surface area contributed by atoms with E-state index in [-0.39, 0.29) is 5.82 Å². The fourth-order valence-electron chi connectivity index (χ4n) is 5.48. The molecule has 0 unspecified atom stereocenters. The van der Waals surface area contributed by atoms with E-state index < -0.39 is 0 Å². The van der Waals surface area contributed by atoms with Gasteiger partial charge in [0.1, 0.15) is 12.9 Å². The fraction of sp³-hybridized carbons (Fsp3) is 0.0690. The molecule has 3 heterocycles. The van der Waals surface area contributed by atoms with Crippen LogP contribution in [-0.4, -0.2) is 4.40 Å². The number of para-hydroxylation sites is 1. The van der Waals surface area contributed by atoms with Crippen molar-refractivity contribution in [2.24, 2.45) is 7.05 Å². The molecular formula is C29H20FN2+. The predicted molar refractivity (Wildman–Crippen MR) is 130 cm³/mol. The second-order valence-electron chi connectivity index (χ2n) is 8.75. The van der Waals surface area contributed by atoms with Crippen LogP contribution in [0.4, 0.5) is 4.39 Å². The third-order valence-corrected chi connectivity index (χ3v) is 6.92. The van der Waals surface area contributed by atoms with Crippen LogP contribution in [0.1, 0.15) is 5.56 Å². The number of nitrogens with zero attached hydrogens (tertiary/aromatic N) is 2. The van der Waals surface area contributed by atoms with Crippen molar-refractivity contribution in [1.82, 2.24) is 4.40 Å². The Morgan fingerprint density at radius 1 is 0.750 bits per heavy atom. The molecular weight excluding hydrogens is 395 g/mol. The van der Waals surface area contributed by atoms with Crippen molar-refractivity contribution in [3.05, 3.63) is 96.4 Å². The minimum atomic E-state index is -0.215. The zero-order valence-electron chi connectivity index (χ0n) is 17.9. The van der Waals surface area contributed by atoms with E-state index >= 15 is 0 Å². The molecule has 0 saturated heterocycles. The smallest absolute Gasteiger partial charge is 0.224 e. The Morgan fingerprint density at radius 3 is 2.41 bits per heavy atom. The Labute approximate surface area is 184 Å². The second-order valence-corrected chi connectivity index (χ2v) is 8.75. The largest absolute Gasteiger partial charge is 0.307 e. The number of hydrogen-bond donors (Lipinski definition) is 0. The van der Waals surface area contributed by atoms with Gasteiger partial charge < -0.3 is 4.40 Å². The Kier molecular flexibility index (Phi) is 3.34. The number of halogens is 1. The van der Waals surface area contributed by atoms with Crippen molar-refractivity contribution >= 4 is 49.0 Å². The molecule has 3 heteroatoms. The second kappa shape index (κ2) is 6.04. The SMILES string of the molecule is Cc1ccc2c3ccccc3n3c4cc(-c5ccc(F)cc5)cc5cc[n+](C)c(c1c23)c54. The normalized spacial score (nSPS) is 12.2. The highest BCUT2D eigenvalue weighted by molar-refractivity contribution is 6.26. The van der Waals surface area contributed by atoms with Gasteiger partial charge in [-0.3, -0.25) is 0 Å². The Morgan fingerprint density at radius 2 is 1.56 bits per heavy atom. The van der Waals surface area contributed by atoms with Crippen LogP contribution in [0.2, 0.25) is 0 Å². The van der Waals surface area contributed by atoms with Crippen LogP contribution in [0.3, 0.4) is 0 Å². The minimum absolute atomic E-state index is 0.215. The summed E-state index contributed by atoms with van der Waals surface area (Å²) in [5, 5.41) is 6.28. The molecule has 3 aromatic heterocycles. The summed E-state index contributed by atoms with van der Waals surface area (Å²) in [4.78, 5) is 0. The molecule has 0 radical (unpaired) electrons. The van der Waals surface area contributed by atoms with Gasteiger partial charge in [-0.05, 0) is 59.3 Å². The summed E-state index contributed by atoms with van der Waals surface area (Å²) in [6.45, 7) is 2.20. The lowest BCUT2D eigenvalue weighted by Gasteiger charge is -2.14. The van der Waals surface area contributed by atoms with E-state index in [1.807, 2.05) is 12.1 Å². The maximum atomic E-state index is 13.6. The van der Waals surface area contributed by atoms with Gasteiger partial charge in [0, 0.05) is 16.8 Å². The molecule has 0 bridgehead atoms. The first-order chi connectivity index (χ1) is 15.6. The highest BCUT2D eigenvalue weighted by atomic mass is 19.1. The zero-order chi connectivity index (χ0) is 21.6. The van der Waals surface area contributed by atoms with Gasteiger partial charge in [-0.25, -0.2) is 8.96 Å². The van der Waals surface area contributed by atoms with Gasteiger partial charge in [0.25, 0.3) is 0 Å². The summed E-state index contributed by atoms with van der Waals surface area (Å²) in [7, 11) is 2.13. The van der Waals surface area contributed by atoms with E-state index in [4.69, 9.17) is 0 Å². The molecule has 0 fully saturated rings. The molecule has 7 rings (SSSR count). The van der Waals surface area contributed by atoms with Gasteiger partial charge in [0.2, 0.25) is 5.52 Å². The van der Waals surface area contributed by atoms with Gasteiger partial charge in [0.05, 0.1) is 27.3 Å². The lowest BCUT2D eigenvalue weighted by molar-refractivity contribution is -0.643. The molecule has 4 aromatic carbocycles. The molecule has 0 spiro atoms. The van der Waals surface area contributed by atoms with E-state index in [2.05, 4.69) is 83.7 Å². The summed E-state index contributed by atoms with van der Waals surface area (Å²) >= 11 is 0. The first kappa shape index (κ1) is 17.7. The fourth-order valence-corrected chi connectivity index (χ4v) is 5.48. The number of aryl methyl sites for hydroxylation is 2. The maximum absolute atomic E-state index is 13.6. The van der Waals surface area contributed by atoms with Crippen molar-refractivity contribution in [3.63, 3.8) is 0 Å². The average Bonchev–Trinajstić information content (AvgIpc) is 3.15. The van der Waals surface area contributed by atoms with E-state index in [1.165, 1.54) is 66.7 Å². The summed E-state index contributed by atoms with van der Waals surface area (Å²) in [5.41, 5.74) is 8.29. The maximum Gasteiger partial charge on any atom is 0.224 e. The molecule has 2 nitrogen and oxygen atoms in total. The van der Waals surface area contributed by atoms with Crippen LogP contribution in [0.15, 0.2) is 85.1 Å². The molecule has 0 aliphatic rings. The number of aromatic nitrogens is 2. The molecule has 0 aliphatic heterocycles.